The van der Waals surface area contributed by atoms with Crippen molar-refractivity contribution in [2.24, 2.45) is 0 Å². The van der Waals surface area contributed by atoms with Gasteiger partial charge in [-0.1, -0.05) is 6.07 Å². The number of amides is 2. The Kier molecular flexibility index (Phi) is 5.12. The number of carbonyl (C=O) groups excluding carboxylic acids is 2. The number of fused-ring (bicyclic) bond motifs is 1. The monoisotopic (exact) mass is 275 g/mol. The van der Waals surface area contributed by atoms with E-state index in [1.165, 1.54) is 11.1 Å². The van der Waals surface area contributed by atoms with Crippen LogP contribution in [0.1, 0.15) is 34.8 Å². The van der Waals surface area contributed by atoms with Gasteiger partial charge in [-0.15, -0.1) is 0 Å². The molecule has 5 nitrogen and oxygen atoms in total. The molecule has 0 saturated carbocycles. The first-order valence-corrected chi connectivity index (χ1v) is 7.08. The maximum atomic E-state index is 12.0. The number of hydrogen-bond donors (Lipinski definition) is 3. The molecular formula is C15H21N3O2. The van der Waals surface area contributed by atoms with E-state index < -0.39 is 0 Å². The molecule has 5 heteroatoms. The molecule has 2 rings (SSSR count). The third-order valence-electron chi connectivity index (χ3n) is 3.37. The Bertz CT molecular complexity index is 500. The fraction of sp³-hybridized carbons (Fsp3) is 0.467. The van der Waals surface area contributed by atoms with Crippen molar-refractivity contribution in [1.82, 2.24) is 16.0 Å². The Morgan fingerprint density at radius 2 is 2.10 bits per heavy atom. The summed E-state index contributed by atoms with van der Waals surface area (Å²) < 4.78 is 0. The van der Waals surface area contributed by atoms with Crippen molar-refractivity contribution in [2.75, 3.05) is 19.6 Å². The molecule has 1 aromatic rings. The van der Waals surface area contributed by atoms with Crippen LogP contribution >= 0.6 is 0 Å². The quantitative estimate of drug-likeness (QED) is 0.736. The van der Waals surface area contributed by atoms with Crippen molar-refractivity contribution in [3.05, 3.63) is 34.9 Å². The first-order chi connectivity index (χ1) is 9.70. The topological polar surface area (TPSA) is 70.2 Å². The van der Waals surface area contributed by atoms with Gasteiger partial charge in [0, 0.05) is 31.6 Å². The summed E-state index contributed by atoms with van der Waals surface area (Å²) in [6.07, 6.45) is 1.32. The molecule has 1 heterocycles. The summed E-state index contributed by atoms with van der Waals surface area (Å²) in [5, 5.41) is 8.77. The molecule has 0 unspecified atom stereocenters. The molecule has 20 heavy (non-hydrogen) atoms. The Hall–Kier alpha value is -1.88. The molecule has 108 valence electrons. The van der Waals surface area contributed by atoms with Crippen LogP contribution < -0.4 is 16.0 Å². The molecule has 3 N–H and O–H groups in total. The molecule has 0 saturated heterocycles. The summed E-state index contributed by atoms with van der Waals surface area (Å²) in [5.41, 5.74) is 3.15. The van der Waals surface area contributed by atoms with E-state index in [2.05, 4.69) is 16.0 Å². The molecule has 0 fully saturated rings. The summed E-state index contributed by atoms with van der Waals surface area (Å²) in [5.74, 6) is -0.162. The van der Waals surface area contributed by atoms with E-state index in [1.54, 1.807) is 0 Å². The summed E-state index contributed by atoms with van der Waals surface area (Å²) in [4.78, 5) is 23.3. The van der Waals surface area contributed by atoms with E-state index in [9.17, 15) is 9.59 Å². The second-order valence-corrected chi connectivity index (χ2v) is 4.87. The van der Waals surface area contributed by atoms with E-state index in [1.807, 2.05) is 25.1 Å². The van der Waals surface area contributed by atoms with Gasteiger partial charge in [-0.25, -0.2) is 0 Å². The standard InChI is InChI=1S/C15H21N3O2/c1-2-17-14(19)6-8-18-15(20)12-4-3-11-5-7-16-10-13(11)9-12/h3-4,9,16H,2,5-8,10H2,1H3,(H,17,19)(H,18,20). The van der Waals surface area contributed by atoms with Gasteiger partial charge in [0.05, 0.1) is 0 Å². The summed E-state index contributed by atoms with van der Waals surface area (Å²) in [6.45, 7) is 4.66. The molecule has 2 amide bonds. The molecule has 0 atom stereocenters. The molecule has 0 bridgehead atoms. The lowest BCUT2D eigenvalue weighted by Gasteiger charge is -2.17. The maximum Gasteiger partial charge on any atom is 0.251 e. The van der Waals surface area contributed by atoms with Crippen LogP contribution in [0.4, 0.5) is 0 Å². The minimum atomic E-state index is -0.123. The Labute approximate surface area is 119 Å². The fourth-order valence-corrected chi connectivity index (χ4v) is 2.30. The van der Waals surface area contributed by atoms with Gasteiger partial charge >= 0.3 is 0 Å². The largest absolute Gasteiger partial charge is 0.356 e. The third kappa shape index (κ3) is 3.81. The van der Waals surface area contributed by atoms with Crippen molar-refractivity contribution in [3.63, 3.8) is 0 Å². The van der Waals surface area contributed by atoms with Crippen LogP contribution in [-0.4, -0.2) is 31.4 Å². The zero-order chi connectivity index (χ0) is 14.4. The van der Waals surface area contributed by atoms with Crippen LogP contribution in [-0.2, 0) is 17.8 Å². The summed E-state index contributed by atoms with van der Waals surface area (Å²) >= 11 is 0. The molecule has 0 spiro atoms. The van der Waals surface area contributed by atoms with E-state index in [-0.39, 0.29) is 11.8 Å². The van der Waals surface area contributed by atoms with Gasteiger partial charge in [-0.2, -0.15) is 0 Å². The van der Waals surface area contributed by atoms with Crippen molar-refractivity contribution < 1.29 is 9.59 Å². The van der Waals surface area contributed by atoms with E-state index >= 15 is 0 Å². The van der Waals surface area contributed by atoms with Crippen molar-refractivity contribution in [1.29, 1.82) is 0 Å². The van der Waals surface area contributed by atoms with Gasteiger partial charge < -0.3 is 16.0 Å². The van der Waals surface area contributed by atoms with Gasteiger partial charge in [0.15, 0.2) is 0 Å². The molecule has 1 aliphatic heterocycles. The van der Waals surface area contributed by atoms with Crippen LogP contribution in [0.15, 0.2) is 18.2 Å². The number of nitrogens with one attached hydrogen (secondary N) is 3. The Morgan fingerprint density at radius 1 is 1.25 bits per heavy atom. The van der Waals surface area contributed by atoms with Crippen molar-refractivity contribution in [2.45, 2.75) is 26.3 Å². The van der Waals surface area contributed by atoms with E-state index in [4.69, 9.17) is 0 Å². The van der Waals surface area contributed by atoms with E-state index in [0.29, 0.717) is 25.1 Å². The van der Waals surface area contributed by atoms with Crippen LogP contribution in [0.3, 0.4) is 0 Å². The van der Waals surface area contributed by atoms with Crippen molar-refractivity contribution in [3.8, 4) is 0 Å². The predicted octanol–water partition coefficient (Wildman–Crippen LogP) is 0.588. The summed E-state index contributed by atoms with van der Waals surface area (Å²) in [6, 6.07) is 5.81. The highest BCUT2D eigenvalue weighted by molar-refractivity contribution is 5.94. The highest BCUT2D eigenvalue weighted by Crippen LogP contribution is 2.15. The fourth-order valence-electron chi connectivity index (χ4n) is 2.30. The first kappa shape index (κ1) is 14.5. The molecule has 0 radical (unpaired) electrons. The normalized spacial score (nSPS) is 13.4. The number of hydrogen-bond acceptors (Lipinski definition) is 3. The SMILES string of the molecule is CCNC(=O)CCNC(=O)c1ccc2c(c1)CNCC2. The van der Waals surface area contributed by atoms with E-state index in [0.717, 1.165) is 19.5 Å². The van der Waals surface area contributed by atoms with Crippen LogP contribution in [0, 0.1) is 0 Å². The summed E-state index contributed by atoms with van der Waals surface area (Å²) in [7, 11) is 0. The smallest absolute Gasteiger partial charge is 0.251 e. The number of rotatable bonds is 5. The minimum Gasteiger partial charge on any atom is -0.356 e. The van der Waals surface area contributed by atoms with Crippen LogP contribution in [0.5, 0.6) is 0 Å². The van der Waals surface area contributed by atoms with Crippen molar-refractivity contribution >= 4 is 11.8 Å². The Balaban J connectivity index is 1.88. The van der Waals surface area contributed by atoms with Crippen LogP contribution in [0.2, 0.25) is 0 Å². The third-order valence-corrected chi connectivity index (χ3v) is 3.37. The maximum absolute atomic E-state index is 12.0. The molecule has 1 aliphatic rings. The lowest BCUT2D eigenvalue weighted by Crippen LogP contribution is -2.31. The predicted molar refractivity (Wildman–Crippen MR) is 77.5 cm³/mol. The zero-order valence-electron chi connectivity index (χ0n) is 11.8. The number of carbonyl (C=O) groups is 2. The Morgan fingerprint density at radius 3 is 2.90 bits per heavy atom. The van der Waals surface area contributed by atoms with Gasteiger partial charge in [0.25, 0.3) is 5.91 Å². The van der Waals surface area contributed by atoms with Gasteiger partial charge in [0.1, 0.15) is 0 Å². The van der Waals surface area contributed by atoms with Crippen LogP contribution in [0.25, 0.3) is 0 Å². The highest BCUT2D eigenvalue weighted by Gasteiger charge is 2.12. The lowest BCUT2D eigenvalue weighted by molar-refractivity contribution is -0.120. The minimum absolute atomic E-state index is 0.0394. The van der Waals surface area contributed by atoms with Gasteiger partial charge in [0.2, 0.25) is 5.91 Å². The molecule has 1 aromatic carbocycles. The lowest BCUT2D eigenvalue weighted by atomic mass is 9.98. The number of benzene rings is 1. The average molecular weight is 275 g/mol. The molecular weight excluding hydrogens is 254 g/mol. The van der Waals surface area contributed by atoms with Gasteiger partial charge in [-0.3, -0.25) is 9.59 Å². The molecule has 0 aromatic heterocycles. The van der Waals surface area contributed by atoms with Gasteiger partial charge in [-0.05, 0) is 43.1 Å². The molecule has 0 aliphatic carbocycles. The second-order valence-electron chi connectivity index (χ2n) is 4.87. The second kappa shape index (κ2) is 7.05. The first-order valence-electron chi connectivity index (χ1n) is 7.08. The highest BCUT2D eigenvalue weighted by atomic mass is 16.2. The zero-order valence-corrected chi connectivity index (χ0v) is 11.8. The average Bonchev–Trinajstić information content (AvgIpc) is 2.47.